The Balaban J connectivity index is 1.34. The van der Waals surface area contributed by atoms with E-state index in [2.05, 4.69) is 158 Å². The van der Waals surface area contributed by atoms with Crippen LogP contribution in [0.4, 0.5) is 0 Å². The fourth-order valence-corrected chi connectivity index (χ4v) is 7.05. The van der Waals surface area contributed by atoms with Gasteiger partial charge in [-0.2, -0.15) is 0 Å². The fraction of sp³-hybridized carbons (Fsp3) is 0. The molecule has 0 bridgehead atoms. The Morgan fingerprint density at radius 2 is 0.795 bits per heavy atom. The van der Waals surface area contributed by atoms with Gasteiger partial charge in [0, 0.05) is 17.1 Å². The normalized spacial score (nSPS) is 11.6. The molecule has 1 heterocycles. The van der Waals surface area contributed by atoms with Gasteiger partial charge in [-0.1, -0.05) is 146 Å². The van der Waals surface area contributed by atoms with Gasteiger partial charge in [-0.3, -0.25) is 4.98 Å². The van der Waals surface area contributed by atoms with Crippen molar-refractivity contribution in [2.45, 2.75) is 0 Å². The minimum Gasteiger partial charge on any atom is -0.256 e. The van der Waals surface area contributed by atoms with E-state index in [4.69, 9.17) is 4.98 Å². The summed E-state index contributed by atoms with van der Waals surface area (Å²) in [7, 11) is 0. The average Bonchev–Trinajstić information content (AvgIpc) is 3.10. The molecule has 44 heavy (non-hydrogen) atoms. The summed E-state index contributed by atoms with van der Waals surface area (Å²) in [6.45, 7) is 0. The molecule has 0 aliphatic rings. The second-order valence-corrected chi connectivity index (χ2v) is 11.5. The fourth-order valence-electron chi connectivity index (χ4n) is 7.05. The maximum atomic E-state index is 4.90. The molecule has 0 fully saturated rings. The minimum atomic E-state index is 0.993. The zero-order valence-electron chi connectivity index (χ0n) is 24.0. The van der Waals surface area contributed by atoms with Crippen LogP contribution in [0.1, 0.15) is 0 Å². The number of pyridine rings is 1. The molecule has 0 amide bonds. The van der Waals surface area contributed by atoms with Gasteiger partial charge in [0.05, 0.1) is 5.69 Å². The van der Waals surface area contributed by atoms with E-state index in [0.717, 1.165) is 16.6 Å². The molecule has 0 unspecified atom stereocenters. The highest BCUT2D eigenvalue weighted by Gasteiger charge is 2.19. The van der Waals surface area contributed by atoms with Crippen molar-refractivity contribution >= 4 is 53.9 Å². The second kappa shape index (κ2) is 9.90. The van der Waals surface area contributed by atoms with Crippen molar-refractivity contribution in [3.05, 3.63) is 164 Å². The van der Waals surface area contributed by atoms with Crippen LogP contribution in [-0.2, 0) is 0 Å². The zero-order chi connectivity index (χ0) is 29.0. The van der Waals surface area contributed by atoms with Crippen LogP contribution in [0.5, 0.6) is 0 Å². The lowest BCUT2D eigenvalue weighted by molar-refractivity contribution is 1.36. The predicted molar refractivity (Wildman–Crippen MR) is 188 cm³/mol. The quantitative estimate of drug-likeness (QED) is 0.197. The maximum absolute atomic E-state index is 4.90. The van der Waals surface area contributed by atoms with Gasteiger partial charge in [0.25, 0.3) is 0 Å². The lowest BCUT2D eigenvalue weighted by Gasteiger charge is -2.20. The number of aromatic nitrogens is 1. The molecule has 0 spiro atoms. The van der Waals surface area contributed by atoms with Gasteiger partial charge >= 0.3 is 0 Å². The van der Waals surface area contributed by atoms with Crippen molar-refractivity contribution in [2.24, 2.45) is 0 Å². The summed E-state index contributed by atoms with van der Waals surface area (Å²) in [5, 5.41) is 12.4. The highest BCUT2D eigenvalue weighted by atomic mass is 14.7. The zero-order valence-corrected chi connectivity index (χ0v) is 24.0. The smallest absolute Gasteiger partial charge is 0.0714 e. The number of hydrogen-bond donors (Lipinski definition) is 0. The van der Waals surface area contributed by atoms with Gasteiger partial charge in [0.1, 0.15) is 0 Å². The largest absolute Gasteiger partial charge is 0.256 e. The van der Waals surface area contributed by atoms with Crippen LogP contribution in [0.25, 0.3) is 87.4 Å². The van der Waals surface area contributed by atoms with Crippen molar-refractivity contribution < 1.29 is 0 Å². The summed E-state index contributed by atoms with van der Waals surface area (Å²) in [4.78, 5) is 4.90. The molecule has 1 aromatic heterocycles. The SMILES string of the molecule is c1ccc2cc(-c3c4ccccc4c(-c4ccc(-c5cc6ccccc6cn5)c5ccccc45)c4ccccc34)ccc2c1. The monoisotopic (exact) mass is 557 g/mol. The van der Waals surface area contributed by atoms with Crippen molar-refractivity contribution in [1.29, 1.82) is 0 Å². The summed E-state index contributed by atoms with van der Waals surface area (Å²) in [5.41, 5.74) is 7.18. The minimum absolute atomic E-state index is 0.993. The van der Waals surface area contributed by atoms with Crippen LogP contribution in [-0.4, -0.2) is 4.98 Å². The molecule has 0 radical (unpaired) electrons. The van der Waals surface area contributed by atoms with Crippen LogP contribution < -0.4 is 0 Å². The van der Waals surface area contributed by atoms with Gasteiger partial charge in [0.2, 0.25) is 0 Å². The third kappa shape index (κ3) is 3.83. The van der Waals surface area contributed by atoms with Crippen LogP contribution in [0.2, 0.25) is 0 Å². The van der Waals surface area contributed by atoms with Gasteiger partial charge < -0.3 is 0 Å². The lowest BCUT2D eigenvalue weighted by atomic mass is 9.84. The summed E-state index contributed by atoms with van der Waals surface area (Å²) in [6, 6.07) is 57.2. The summed E-state index contributed by atoms with van der Waals surface area (Å²) < 4.78 is 0. The van der Waals surface area contributed by atoms with Gasteiger partial charge in [-0.05, 0) is 82.9 Å². The Kier molecular flexibility index (Phi) is 5.57. The highest BCUT2D eigenvalue weighted by molar-refractivity contribution is 6.24. The molecular formula is C43H27N. The molecule has 0 saturated carbocycles. The molecular weight excluding hydrogens is 530 g/mol. The number of hydrogen-bond acceptors (Lipinski definition) is 1. The van der Waals surface area contributed by atoms with E-state index in [0.29, 0.717) is 0 Å². The van der Waals surface area contributed by atoms with E-state index in [1.807, 2.05) is 6.20 Å². The molecule has 1 nitrogen and oxygen atoms in total. The topological polar surface area (TPSA) is 12.9 Å². The molecule has 1 heteroatoms. The van der Waals surface area contributed by atoms with E-state index in [-0.39, 0.29) is 0 Å². The number of rotatable bonds is 3. The third-order valence-corrected chi connectivity index (χ3v) is 9.07. The number of nitrogens with zero attached hydrogens (tertiary/aromatic N) is 1. The lowest BCUT2D eigenvalue weighted by Crippen LogP contribution is -1.93. The van der Waals surface area contributed by atoms with Crippen LogP contribution in [0.3, 0.4) is 0 Å². The van der Waals surface area contributed by atoms with Crippen molar-refractivity contribution in [3.8, 4) is 33.5 Å². The second-order valence-electron chi connectivity index (χ2n) is 11.5. The first-order chi connectivity index (χ1) is 21.8. The van der Waals surface area contributed by atoms with Crippen molar-refractivity contribution in [2.75, 3.05) is 0 Å². The number of fused-ring (bicyclic) bond motifs is 5. The first kappa shape index (κ1) is 24.8. The Labute approximate surface area is 255 Å². The van der Waals surface area contributed by atoms with E-state index >= 15 is 0 Å². The molecule has 0 atom stereocenters. The van der Waals surface area contributed by atoms with E-state index in [9.17, 15) is 0 Å². The third-order valence-electron chi connectivity index (χ3n) is 9.07. The highest BCUT2D eigenvalue weighted by Crippen LogP contribution is 2.46. The summed E-state index contributed by atoms with van der Waals surface area (Å²) >= 11 is 0. The van der Waals surface area contributed by atoms with E-state index in [1.165, 1.54) is 70.7 Å². The van der Waals surface area contributed by atoms with E-state index in [1.54, 1.807) is 0 Å². The van der Waals surface area contributed by atoms with Crippen molar-refractivity contribution in [3.63, 3.8) is 0 Å². The van der Waals surface area contributed by atoms with E-state index < -0.39 is 0 Å². The maximum Gasteiger partial charge on any atom is 0.0714 e. The molecule has 0 aliphatic heterocycles. The molecule has 0 saturated heterocycles. The molecule has 204 valence electrons. The Morgan fingerprint density at radius 3 is 1.45 bits per heavy atom. The van der Waals surface area contributed by atoms with Crippen LogP contribution >= 0.6 is 0 Å². The molecule has 9 aromatic rings. The Bertz CT molecular complexity index is 2500. The molecule has 8 aromatic carbocycles. The number of benzene rings is 8. The Hall–Kier alpha value is -5.79. The van der Waals surface area contributed by atoms with Gasteiger partial charge in [-0.15, -0.1) is 0 Å². The standard InChI is InChI=1S/C43H27N/c1-2-12-29-25-31(22-21-28(29)11-1)42-36-17-7-9-19-38(36)43(39-20-10-8-18-37(39)42)40-24-23-35(33-15-5-6-16-34(33)40)41-26-30-13-3-4-14-32(30)27-44-41/h1-27H. The van der Waals surface area contributed by atoms with Gasteiger partial charge in [0.15, 0.2) is 0 Å². The predicted octanol–water partition coefficient (Wildman–Crippen LogP) is 11.8. The van der Waals surface area contributed by atoms with Crippen molar-refractivity contribution in [1.82, 2.24) is 4.98 Å². The summed E-state index contributed by atoms with van der Waals surface area (Å²) in [5.74, 6) is 0. The van der Waals surface area contributed by atoms with Crippen LogP contribution in [0, 0.1) is 0 Å². The first-order valence-electron chi connectivity index (χ1n) is 15.1. The Morgan fingerprint density at radius 1 is 0.318 bits per heavy atom. The van der Waals surface area contributed by atoms with Crippen LogP contribution in [0.15, 0.2) is 164 Å². The molecule has 0 N–H and O–H groups in total. The summed E-state index contributed by atoms with van der Waals surface area (Å²) in [6.07, 6.45) is 1.99. The molecule has 9 rings (SSSR count). The van der Waals surface area contributed by atoms with Gasteiger partial charge in [-0.25, -0.2) is 0 Å². The average molecular weight is 558 g/mol. The first-order valence-corrected chi connectivity index (χ1v) is 15.1. The molecule has 0 aliphatic carbocycles.